The van der Waals surface area contributed by atoms with Gasteiger partial charge in [0.2, 0.25) is 5.82 Å². The number of rotatable bonds is 11. The van der Waals surface area contributed by atoms with Gasteiger partial charge in [-0.05, 0) is 55.3 Å². The van der Waals surface area contributed by atoms with Crippen molar-refractivity contribution in [2.24, 2.45) is 0 Å². The molecule has 2 N–H and O–H groups in total. The van der Waals surface area contributed by atoms with E-state index in [0.717, 1.165) is 6.42 Å². The number of hydrogen-bond acceptors (Lipinski definition) is 7. The Morgan fingerprint density at radius 3 is 2.82 bits per heavy atom. The molecule has 1 atom stereocenters. The van der Waals surface area contributed by atoms with E-state index in [1.807, 2.05) is 6.08 Å². The Hall–Kier alpha value is -3.88. The lowest BCUT2D eigenvalue weighted by Gasteiger charge is -2.26. The lowest BCUT2D eigenvalue weighted by Crippen LogP contribution is -2.24. The van der Waals surface area contributed by atoms with Gasteiger partial charge in [0.25, 0.3) is 5.91 Å². The Morgan fingerprint density at radius 2 is 2.03 bits per heavy atom. The molecule has 0 spiro atoms. The number of unbranched alkanes of at least 4 members (excludes halogenated alkanes) is 5. The Bertz CT molecular complexity index is 1080. The third kappa shape index (κ3) is 6.12. The number of ether oxygens (including phenoxy) is 3. The first-order valence-electron chi connectivity index (χ1n) is 11.6. The predicted molar refractivity (Wildman–Crippen MR) is 127 cm³/mol. The van der Waals surface area contributed by atoms with Crippen LogP contribution in [0.5, 0.6) is 17.2 Å². The molecule has 1 aromatic heterocycles. The highest BCUT2D eigenvalue weighted by Gasteiger charge is 2.28. The zero-order valence-electron chi connectivity index (χ0n) is 19.2. The fraction of sp³-hybridized carbons (Fsp3) is 0.360. The molecule has 34 heavy (non-hydrogen) atoms. The van der Waals surface area contributed by atoms with E-state index in [4.69, 9.17) is 14.2 Å². The molecule has 178 valence electrons. The molecule has 1 aliphatic heterocycles. The van der Waals surface area contributed by atoms with E-state index in [9.17, 15) is 4.79 Å². The van der Waals surface area contributed by atoms with Crippen LogP contribution in [0.4, 0.5) is 5.69 Å². The van der Waals surface area contributed by atoms with Gasteiger partial charge in [0.05, 0.1) is 11.9 Å². The van der Waals surface area contributed by atoms with Gasteiger partial charge >= 0.3 is 0 Å². The summed E-state index contributed by atoms with van der Waals surface area (Å²) in [5.74, 6) is 1.76. The lowest BCUT2D eigenvalue weighted by atomic mass is 10.1. The summed E-state index contributed by atoms with van der Waals surface area (Å²) >= 11 is 0. The predicted octanol–water partition coefficient (Wildman–Crippen LogP) is 5.22. The monoisotopic (exact) mass is 463 g/mol. The van der Waals surface area contributed by atoms with Gasteiger partial charge in [0.1, 0.15) is 12.4 Å². The van der Waals surface area contributed by atoms with Crippen LogP contribution >= 0.6 is 0 Å². The lowest BCUT2D eigenvalue weighted by molar-refractivity contribution is 0.0856. The highest BCUT2D eigenvalue weighted by molar-refractivity contribution is 6.05. The topological polar surface area (TPSA) is 111 Å². The number of carbonyl (C=O) groups is 1. The second-order valence-electron chi connectivity index (χ2n) is 7.99. The van der Waals surface area contributed by atoms with Gasteiger partial charge in [0, 0.05) is 5.56 Å². The maximum absolute atomic E-state index is 12.8. The van der Waals surface area contributed by atoms with Crippen molar-refractivity contribution in [2.75, 3.05) is 11.9 Å². The third-order valence-corrected chi connectivity index (χ3v) is 5.42. The normalized spacial score (nSPS) is 14.8. The highest BCUT2D eigenvalue weighted by atomic mass is 16.6. The van der Waals surface area contributed by atoms with Crippen molar-refractivity contribution in [1.29, 1.82) is 0 Å². The molecule has 3 aromatic rings. The van der Waals surface area contributed by atoms with Crippen molar-refractivity contribution >= 4 is 11.6 Å². The van der Waals surface area contributed by atoms with Crippen LogP contribution in [0.15, 0.2) is 54.8 Å². The van der Waals surface area contributed by atoms with Crippen molar-refractivity contribution < 1.29 is 19.0 Å². The Kier molecular flexibility index (Phi) is 8.10. The number of nitrogens with zero attached hydrogens (tertiary/aromatic N) is 3. The molecule has 0 radical (unpaired) electrons. The van der Waals surface area contributed by atoms with E-state index >= 15 is 0 Å². The molecule has 9 heteroatoms. The number of tetrazole rings is 1. The number of H-pyrrole nitrogens is 1. The van der Waals surface area contributed by atoms with Gasteiger partial charge in [-0.15, -0.1) is 10.2 Å². The second-order valence-corrected chi connectivity index (χ2v) is 7.99. The Morgan fingerprint density at radius 1 is 1.18 bits per heavy atom. The standard InChI is InChI=1S/C25H29N5O4/c1-2-3-4-5-6-7-8-16-32-19-14-12-18(13-15-19)25(31)26-20-10-9-11-21-23(20)34-22(17-33-21)24-27-29-30-28-24/h8-16,22H,2-7,17H2,1H3,(H,26,31)(H,27,28,29,30)/b16-8+. The van der Waals surface area contributed by atoms with E-state index in [1.54, 1.807) is 48.7 Å². The SMILES string of the molecule is CCCCCCC/C=C/Oc1ccc(C(=O)Nc2cccc3c2OC(c2nn[nH]n2)CO3)cc1. The highest BCUT2D eigenvalue weighted by Crippen LogP contribution is 2.41. The van der Waals surface area contributed by atoms with Crippen LogP contribution in [0, 0.1) is 0 Å². The largest absolute Gasteiger partial charge is 0.485 e. The molecule has 1 aliphatic rings. The summed E-state index contributed by atoms with van der Waals surface area (Å²) in [5.41, 5.74) is 0.995. The van der Waals surface area contributed by atoms with E-state index < -0.39 is 6.10 Å². The van der Waals surface area contributed by atoms with E-state index in [-0.39, 0.29) is 12.5 Å². The first kappa shape index (κ1) is 23.3. The summed E-state index contributed by atoms with van der Waals surface area (Å²) in [7, 11) is 0. The summed E-state index contributed by atoms with van der Waals surface area (Å²) in [5, 5.41) is 16.7. The van der Waals surface area contributed by atoms with Crippen LogP contribution in [-0.4, -0.2) is 33.1 Å². The van der Waals surface area contributed by atoms with Crippen molar-refractivity contribution in [3.8, 4) is 17.2 Å². The van der Waals surface area contributed by atoms with Crippen molar-refractivity contribution in [3.63, 3.8) is 0 Å². The van der Waals surface area contributed by atoms with E-state index in [0.29, 0.717) is 34.3 Å². The first-order chi connectivity index (χ1) is 16.7. The van der Waals surface area contributed by atoms with Gasteiger partial charge in [-0.25, -0.2) is 0 Å². The summed E-state index contributed by atoms with van der Waals surface area (Å²) in [6.45, 7) is 2.47. The molecule has 0 saturated carbocycles. The molecule has 9 nitrogen and oxygen atoms in total. The van der Waals surface area contributed by atoms with Crippen LogP contribution in [0.3, 0.4) is 0 Å². The number of carbonyl (C=O) groups excluding carboxylic acids is 1. The number of fused-ring (bicyclic) bond motifs is 1. The average Bonchev–Trinajstić information content (AvgIpc) is 3.41. The number of nitrogens with one attached hydrogen (secondary N) is 2. The zero-order chi connectivity index (χ0) is 23.6. The first-order valence-corrected chi connectivity index (χ1v) is 11.6. The number of para-hydroxylation sites is 1. The van der Waals surface area contributed by atoms with Crippen LogP contribution in [0.1, 0.15) is 67.7 Å². The van der Waals surface area contributed by atoms with Crippen LogP contribution in [0.2, 0.25) is 0 Å². The molecule has 4 rings (SSSR count). The molecule has 2 heterocycles. The van der Waals surface area contributed by atoms with Gasteiger partial charge in [0.15, 0.2) is 17.6 Å². The molecular weight excluding hydrogens is 434 g/mol. The fourth-order valence-electron chi connectivity index (χ4n) is 3.56. The number of aromatic amines is 1. The van der Waals surface area contributed by atoms with Crippen molar-refractivity contribution in [2.45, 2.75) is 51.6 Å². The summed E-state index contributed by atoms with van der Waals surface area (Å²) < 4.78 is 17.4. The number of anilines is 1. The minimum Gasteiger partial charge on any atom is -0.485 e. The number of allylic oxidation sites excluding steroid dienone is 1. The molecule has 0 aliphatic carbocycles. The summed E-state index contributed by atoms with van der Waals surface area (Å²) in [6.07, 6.45) is 10.5. The molecular formula is C25H29N5O4. The Labute approximate surface area is 198 Å². The zero-order valence-corrected chi connectivity index (χ0v) is 19.2. The number of amides is 1. The minimum atomic E-state index is -0.523. The van der Waals surface area contributed by atoms with Crippen LogP contribution in [-0.2, 0) is 0 Å². The molecule has 0 fully saturated rings. The second kappa shape index (κ2) is 11.8. The third-order valence-electron chi connectivity index (χ3n) is 5.42. The van der Waals surface area contributed by atoms with Gasteiger partial charge in [-0.3, -0.25) is 4.79 Å². The summed E-state index contributed by atoms with van der Waals surface area (Å²) in [4.78, 5) is 12.8. The maximum atomic E-state index is 12.8. The van der Waals surface area contributed by atoms with Gasteiger partial charge in [-0.2, -0.15) is 5.21 Å². The molecule has 1 unspecified atom stereocenters. The summed E-state index contributed by atoms with van der Waals surface area (Å²) in [6, 6.07) is 12.3. The molecule has 0 saturated heterocycles. The number of hydrogen-bond donors (Lipinski definition) is 2. The van der Waals surface area contributed by atoms with E-state index in [1.165, 1.54) is 32.1 Å². The smallest absolute Gasteiger partial charge is 0.255 e. The average molecular weight is 464 g/mol. The van der Waals surface area contributed by atoms with Gasteiger partial charge < -0.3 is 19.5 Å². The molecule has 1 amide bonds. The van der Waals surface area contributed by atoms with Crippen LogP contribution in [0.25, 0.3) is 0 Å². The maximum Gasteiger partial charge on any atom is 0.255 e. The number of benzene rings is 2. The Balaban J connectivity index is 1.31. The minimum absolute atomic E-state index is 0.249. The molecule has 2 aromatic carbocycles. The molecule has 0 bridgehead atoms. The quantitative estimate of drug-likeness (QED) is 0.296. The van der Waals surface area contributed by atoms with Crippen molar-refractivity contribution in [3.05, 3.63) is 66.2 Å². The van der Waals surface area contributed by atoms with Gasteiger partial charge in [-0.1, -0.05) is 43.9 Å². The fourth-order valence-corrected chi connectivity index (χ4v) is 3.56. The van der Waals surface area contributed by atoms with Crippen molar-refractivity contribution in [1.82, 2.24) is 20.6 Å². The van der Waals surface area contributed by atoms with E-state index in [2.05, 4.69) is 32.9 Å². The van der Waals surface area contributed by atoms with Crippen LogP contribution < -0.4 is 19.5 Å². The number of aromatic nitrogens is 4.